The summed E-state index contributed by atoms with van der Waals surface area (Å²) in [6.45, 7) is 7.46. The molecule has 2 N–H and O–H groups in total. The third-order valence-corrected chi connectivity index (χ3v) is 5.68. The zero-order valence-corrected chi connectivity index (χ0v) is 13.2. The van der Waals surface area contributed by atoms with E-state index in [-0.39, 0.29) is 6.04 Å². The van der Waals surface area contributed by atoms with Gasteiger partial charge >= 0.3 is 0 Å². The molecule has 0 amide bonds. The highest BCUT2D eigenvalue weighted by molar-refractivity contribution is 7.89. The van der Waals surface area contributed by atoms with Gasteiger partial charge in [-0.05, 0) is 26.6 Å². The molecule has 0 spiro atoms. The van der Waals surface area contributed by atoms with Crippen LogP contribution in [0.15, 0.2) is 17.2 Å². The van der Waals surface area contributed by atoms with Crippen molar-refractivity contribution in [3.63, 3.8) is 0 Å². The number of sulfonamides is 1. The van der Waals surface area contributed by atoms with Crippen LogP contribution >= 0.6 is 0 Å². The Labute approximate surface area is 121 Å². The number of rotatable bonds is 5. The first-order valence-corrected chi connectivity index (χ1v) is 8.47. The van der Waals surface area contributed by atoms with Gasteiger partial charge in [0.25, 0.3) is 0 Å². The van der Waals surface area contributed by atoms with Crippen molar-refractivity contribution >= 4 is 10.0 Å². The Morgan fingerprint density at radius 2 is 2.20 bits per heavy atom. The molecule has 1 aromatic rings. The van der Waals surface area contributed by atoms with Crippen molar-refractivity contribution in [2.24, 2.45) is 0 Å². The molecule has 1 aliphatic heterocycles. The molecule has 1 atom stereocenters. The van der Waals surface area contributed by atoms with E-state index in [0.717, 1.165) is 18.8 Å². The Hall–Kier alpha value is -0.890. The van der Waals surface area contributed by atoms with Crippen LogP contribution in [0.3, 0.4) is 0 Å². The highest BCUT2D eigenvalue weighted by atomic mass is 32.2. The molecule has 1 saturated heterocycles. The van der Waals surface area contributed by atoms with Gasteiger partial charge in [0.2, 0.25) is 10.0 Å². The predicted octanol–water partition coefficient (Wildman–Crippen LogP) is 0.449. The molecule has 0 radical (unpaired) electrons. The molecule has 6 nitrogen and oxygen atoms in total. The predicted molar refractivity (Wildman–Crippen MR) is 79.0 cm³/mol. The van der Waals surface area contributed by atoms with Crippen LogP contribution in [0, 0.1) is 0 Å². The maximum absolute atomic E-state index is 12.6. The monoisotopic (exact) mass is 300 g/mol. The van der Waals surface area contributed by atoms with E-state index >= 15 is 0 Å². The van der Waals surface area contributed by atoms with Crippen molar-refractivity contribution in [2.45, 2.75) is 31.3 Å². The van der Waals surface area contributed by atoms with Crippen molar-refractivity contribution in [2.75, 3.05) is 33.2 Å². The third-order valence-electron chi connectivity index (χ3n) is 3.84. The number of likely N-dealkylation sites (N-methyl/N-ethyl adjacent to an activating group) is 1. The van der Waals surface area contributed by atoms with Crippen LogP contribution < -0.4 is 5.32 Å². The Balaban J connectivity index is 2.12. The van der Waals surface area contributed by atoms with E-state index < -0.39 is 10.0 Å². The minimum atomic E-state index is -3.37. The van der Waals surface area contributed by atoms with Gasteiger partial charge in [0.1, 0.15) is 0 Å². The fraction of sp³-hybridized carbons (Fsp3) is 0.692. The minimum absolute atomic E-state index is 0.249. The van der Waals surface area contributed by atoms with E-state index in [1.807, 2.05) is 14.0 Å². The van der Waals surface area contributed by atoms with Gasteiger partial charge in [-0.15, -0.1) is 0 Å². The van der Waals surface area contributed by atoms with Crippen molar-refractivity contribution in [3.05, 3.63) is 18.0 Å². The molecule has 1 fully saturated rings. The van der Waals surface area contributed by atoms with Gasteiger partial charge in [0.05, 0.1) is 4.90 Å². The molecule has 0 bridgehead atoms. The normalized spacial score (nSPS) is 22.2. The molecule has 114 valence electrons. The van der Waals surface area contributed by atoms with Crippen LogP contribution in [-0.2, 0) is 16.6 Å². The van der Waals surface area contributed by atoms with Gasteiger partial charge in [-0.3, -0.25) is 0 Å². The van der Waals surface area contributed by atoms with Gasteiger partial charge in [0, 0.05) is 44.1 Å². The summed E-state index contributed by atoms with van der Waals surface area (Å²) < 4.78 is 26.8. The lowest BCUT2D eigenvalue weighted by Gasteiger charge is -2.36. The first kappa shape index (κ1) is 15.5. The van der Waals surface area contributed by atoms with E-state index in [0.29, 0.717) is 24.5 Å². The van der Waals surface area contributed by atoms with E-state index in [2.05, 4.69) is 22.1 Å². The summed E-state index contributed by atoms with van der Waals surface area (Å²) in [5.74, 6) is 0. The summed E-state index contributed by atoms with van der Waals surface area (Å²) in [6.07, 6.45) is 1.59. The first-order valence-electron chi connectivity index (χ1n) is 7.03. The molecule has 1 aliphatic rings. The SMILES string of the molecule is CCNCc1cc(S(=O)(=O)N2CCN(C)C(C)C2)c[nH]1. The average molecular weight is 300 g/mol. The van der Waals surface area contributed by atoms with Crippen molar-refractivity contribution in [1.29, 1.82) is 0 Å². The van der Waals surface area contributed by atoms with Crippen LogP contribution in [0.25, 0.3) is 0 Å². The number of H-pyrrole nitrogens is 1. The largest absolute Gasteiger partial charge is 0.363 e. The number of aromatic nitrogens is 1. The standard InChI is InChI=1S/C13H24N4O2S/c1-4-14-8-12-7-13(9-15-12)20(18,19)17-6-5-16(3)11(2)10-17/h7,9,11,14-15H,4-6,8,10H2,1-3H3. The molecule has 1 unspecified atom stereocenters. The van der Waals surface area contributed by atoms with Gasteiger partial charge in [-0.2, -0.15) is 4.31 Å². The first-order chi connectivity index (χ1) is 9.45. The Morgan fingerprint density at radius 1 is 1.45 bits per heavy atom. The molecule has 2 rings (SSSR count). The Kier molecular flexibility index (Phi) is 4.85. The van der Waals surface area contributed by atoms with E-state index in [9.17, 15) is 8.42 Å². The lowest BCUT2D eigenvalue weighted by Crippen LogP contribution is -2.51. The summed E-state index contributed by atoms with van der Waals surface area (Å²) in [5.41, 5.74) is 0.896. The van der Waals surface area contributed by atoms with Crippen LogP contribution in [0.5, 0.6) is 0 Å². The average Bonchev–Trinajstić information content (AvgIpc) is 2.89. The second kappa shape index (κ2) is 6.26. The van der Waals surface area contributed by atoms with Crippen LogP contribution in [-0.4, -0.2) is 61.9 Å². The number of nitrogens with zero attached hydrogens (tertiary/aromatic N) is 2. The molecular formula is C13H24N4O2S. The zero-order chi connectivity index (χ0) is 14.8. The number of hydrogen-bond acceptors (Lipinski definition) is 4. The maximum atomic E-state index is 12.6. The van der Waals surface area contributed by atoms with Crippen LogP contribution in [0.2, 0.25) is 0 Å². The van der Waals surface area contributed by atoms with Gasteiger partial charge in [0.15, 0.2) is 0 Å². The van der Waals surface area contributed by atoms with E-state index in [4.69, 9.17) is 0 Å². The van der Waals surface area contributed by atoms with Gasteiger partial charge in [-0.25, -0.2) is 8.42 Å². The topological polar surface area (TPSA) is 68.4 Å². The minimum Gasteiger partial charge on any atom is -0.363 e. The lowest BCUT2D eigenvalue weighted by molar-refractivity contribution is 0.159. The number of hydrogen-bond donors (Lipinski definition) is 2. The molecular weight excluding hydrogens is 276 g/mol. The zero-order valence-electron chi connectivity index (χ0n) is 12.4. The Morgan fingerprint density at radius 3 is 2.85 bits per heavy atom. The summed E-state index contributed by atoms with van der Waals surface area (Å²) >= 11 is 0. The number of nitrogens with one attached hydrogen (secondary N) is 2. The number of aromatic amines is 1. The molecule has 0 aliphatic carbocycles. The second-order valence-electron chi connectivity index (χ2n) is 5.33. The van der Waals surface area contributed by atoms with Gasteiger partial charge in [-0.1, -0.05) is 6.92 Å². The molecule has 1 aromatic heterocycles. The smallest absolute Gasteiger partial charge is 0.244 e. The van der Waals surface area contributed by atoms with Crippen molar-refractivity contribution in [1.82, 2.24) is 19.5 Å². The highest BCUT2D eigenvalue weighted by Gasteiger charge is 2.31. The van der Waals surface area contributed by atoms with Gasteiger partial charge < -0.3 is 15.2 Å². The van der Waals surface area contributed by atoms with Crippen LogP contribution in [0.4, 0.5) is 0 Å². The number of piperazine rings is 1. The summed E-state index contributed by atoms with van der Waals surface area (Å²) in [6, 6.07) is 1.97. The summed E-state index contributed by atoms with van der Waals surface area (Å²) in [7, 11) is -1.35. The summed E-state index contributed by atoms with van der Waals surface area (Å²) in [4.78, 5) is 5.57. The second-order valence-corrected chi connectivity index (χ2v) is 7.27. The highest BCUT2D eigenvalue weighted by Crippen LogP contribution is 2.20. The third kappa shape index (κ3) is 3.22. The van der Waals surface area contributed by atoms with E-state index in [1.165, 1.54) is 0 Å². The molecule has 20 heavy (non-hydrogen) atoms. The van der Waals surface area contributed by atoms with Crippen molar-refractivity contribution in [3.8, 4) is 0 Å². The quantitative estimate of drug-likeness (QED) is 0.828. The van der Waals surface area contributed by atoms with E-state index in [1.54, 1.807) is 16.6 Å². The fourth-order valence-corrected chi connectivity index (χ4v) is 3.84. The lowest BCUT2D eigenvalue weighted by atomic mass is 10.2. The maximum Gasteiger partial charge on any atom is 0.244 e. The molecule has 0 saturated carbocycles. The molecule has 7 heteroatoms. The van der Waals surface area contributed by atoms with Crippen molar-refractivity contribution < 1.29 is 8.42 Å². The summed E-state index contributed by atoms with van der Waals surface area (Å²) in [5, 5.41) is 3.18. The van der Waals surface area contributed by atoms with Crippen LogP contribution in [0.1, 0.15) is 19.5 Å². The molecule has 0 aromatic carbocycles. The molecule has 2 heterocycles. The fourth-order valence-electron chi connectivity index (χ4n) is 2.31. The Bertz CT molecular complexity index is 540.